The van der Waals surface area contributed by atoms with Gasteiger partial charge in [-0.3, -0.25) is 14.7 Å². The monoisotopic (exact) mass is 394 g/mol. The van der Waals surface area contributed by atoms with E-state index in [0.717, 1.165) is 11.1 Å². The third-order valence-electron chi connectivity index (χ3n) is 4.48. The first kappa shape index (κ1) is 19.9. The van der Waals surface area contributed by atoms with Crippen LogP contribution in [-0.4, -0.2) is 29.8 Å². The van der Waals surface area contributed by atoms with Crippen LogP contribution in [0.1, 0.15) is 11.1 Å². The zero-order valence-electron chi connectivity index (χ0n) is 16.6. The smallest absolute Gasteiger partial charge is 0.325 e. The van der Waals surface area contributed by atoms with E-state index in [0.29, 0.717) is 22.9 Å². The fourth-order valence-corrected chi connectivity index (χ4v) is 2.76. The molecule has 3 aromatic rings. The molecule has 0 aliphatic carbocycles. The van der Waals surface area contributed by atoms with Crippen LogP contribution in [0.2, 0.25) is 0 Å². The molecule has 2 N–H and O–H groups in total. The molecule has 0 atom stereocenters. The van der Waals surface area contributed by atoms with Gasteiger partial charge in [-0.1, -0.05) is 6.07 Å². The Morgan fingerprint density at radius 1 is 0.966 bits per heavy atom. The highest BCUT2D eigenvalue weighted by molar-refractivity contribution is 5.99. The SMILES string of the molecule is COc1ccc(NC(=O)Nc2nccn(-c3ccc(C)c(C)c3)c2=O)cc1OC. The summed E-state index contributed by atoms with van der Waals surface area (Å²) in [4.78, 5) is 29.1. The summed E-state index contributed by atoms with van der Waals surface area (Å²) in [7, 11) is 3.03. The minimum Gasteiger partial charge on any atom is -0.493 e. The number of carbonyl (C=O) groups is 1. The maximum absolute atomic E-state index is 12.8. The molecule has 3 rings (SSSR count). The number of nitrogens with zero attached hydrogens (tertiary/aromatic N) is 2. The minimum absolute atomic E-state index is 0.0799. The first-order chi connectivity index (χ1) is 13.9. The van der Waals surface area contributed by atoms with Crippen molar-refractivity contribution in [3.63, 3.8) is 0 Å². The molecule has 0 saturated carbocycles. The van der Waals surface area contributed by atoms with Gasteiger partial charge >= 0.3 is 6.03 Å². The maximum Gasteiger partial charge on any atom is 0.325 e. The van der Waals surface area contributed by atoms with Gasteiger partial charge in [0.05, 0.1) is 14.2 Å². The van der Waals surface area contributed by atoms with Gasteiger partial charge in [0.15, 0.2) is 11.5 Å². The molecule has 8 nitrogen and oxygen atoms in total. The van der Waals surface area contributed by atoms with Gasteiger partial charge in [0.1, 0.15) is 0 Å². The molecular formula is C21H22N4O4. The van der Waals surface area contributed by atoms with Gasteiger partial charge in [-0.05, 0) is 49.2 Å². The average Bonchev–Trinajstić information content (AvgIpc) is 2.71. The number of anilines is 2. The summed E-state index contributed by atoms with van der Waals surface area (Å²) in [5.41, 5.74) is 2.93. The highest BCUT2D eigenvalue weighted by Crippen LogP contribution is 2.29. The Balaban J connectivity index is 1.81. The molecule has 1 heterocycles. The van der Waals surface area contributed by atoms with Crippen LogP contribution in [0, 0.1) is 13.8 Å². The molecule has 2 amide bonds. The van der Waals surface area contributed by atoms with E-state index in [9.17, 15) is 9.59 Å². The van der Waals surface area contributed by atoms with Crippen LogP contribution in [0.15, 0.2) is 53.6 Å². The Kier molecular flexibility index (Phi) is 5.82. The van der Waals surface area contributed by atoms with E-state index in [-0.39, 0.29) is 5.82 Å². The summed E-state index contributed by atoms with van der Waals surface area (Å²) in [5, 5.41) is 5.14. The quantitative estimate of drug-likeness (QED) is 0.691. The van der Waals surface area contributed by atoms with Gasteiger partial charge < -0.3 is 14.8 Å². The van der Waals surface area contributed by atoms with Gasteiger partial charge in [-0.25, -0.2) is 9.78 Å². The number of amides is 2. The summed E-state index contributed by atoms with van der Waals surface area (Å²) >= 11 is 0. The topological polar surface area (TPSA) is 94.5 Å². The predicted octanol–water partition coefficient (Wildman–Crippen LogP) is 3.51. The molecule has 150 valence electrons. The third kappa shape index (κ3) is 4.37. The molecule has 0 spiro atoms. The normalized spacial score (nSPS) is 10.3. The Bertz CT molecular complexity index is 1110. The molecule has 0 fully saturated rings. The van der Waals surface area contributed by atoms with Crippen molar-refractivity contribution in [2.45, 2.75) is 13.8 Å². The van der Waals surface area contributed by atoms with Crippen molar-refractivity contribution < 1.29 is 14.3 Å². The fraction of sp³-hybridized carbons (Fsp3) is 0.190. The van der Waals surface area contributed by atoms with Crippen molar-refractivity contribution >= 4 is 17.5 Å². The minimum atomic E-state index is -0.598. The summed E-state index contributed by atoms with van der Waals surface area (Å²) in [6.45, 7) is 3.97. The second kappa shape index (κ2) is 8.47. The lowest BCUT2D eigenvalue weighted by molar-refractivity contribution is 0.262. The molecule has 0 aliphatic rings. The molecule has 29 heavy (non-hydrogen) atoms. The lowest BCUT2D eigenvalue weighted by Crippen LogP contribution is -2.28. The first-order valence-electron chi connectivity index (χ1n) is 8.88. The van der Waals surface area contributed by atoms with Crippen molar-refractivity contribution in [2.75, 3.05) is 24.9 Å². The Morgan fingerprint density at radius 3 is 2.41 bits per heavy atom. The maximum atomic E-state index is 12.8. The van der Waals surface area contributed by atoms with Crippen LogP contribution in [0.25, 0.3) is 5.69 Å². The van der Waals surface area contributed by atoms with Crippen molar-refractivity contribution in [2.24, 2.45) is 0 Å². The second-order valence-electron chi connectivity index (χ2n) is 6.37. The van der Waals surface area contributed by atoms with Crippen LogP contribution in [-0.2, 0) is 0 Å². The Labute approximate surface area is 168 Å². The molecule has 0 saturated heterocycles. The number of aryl methyl sites for hydroxylation is 2. The molecule has 1 aromatic heterocycles. The number of ether oxygens (including phenoxy) is 2. The van der Waals surface area contributed by atoms with Gasteiger partial charge in [0, 0.05) is 29.8 Å². The van der Waals surface area contributed by atoms with Crippen LogP contribution in [0.5, 0.6) is 11.5 Å². The largest absolute Gasteiger partial charge is 0.493 e. The number of hydrogen-bond donors (Lipinski definition) is 2. The lowest BCUT2D eigenvalue weighted by Gasteiger charge is -2.12. The number of carbonyl (C=O) groups excluding carboxylic acids is 1. The molecule has 0 aliphatic heterocycles. The van der Waals surface area contributed by atoms with Crippen LogP contribution >= 0.6 is 0 Å². The van der Waals surface area contributed by atoms with E-state index in [1.807, 2.05) is 32.0 Å². The van der Waals surface area contributed by atoms with E-state index in [2.05, 4.69) is 15.6 Å². The summed E-state index contributed by atoms with van der Waals surface area (Å²) in [6.07, 6.45) is 3.02. The molecule has 0 unspecified atom stereocenters. The van der Waals surface area contributed by atoms with Gasteiger partial charge in [-0.2, -0.15) is 0 Å². The standard InChI is InChI=1S/C21H22N4O4/c1-13-5-7-16(11-14(13)2)25-10-9-22-19(20(25)26)24-21(27)23-15-6-8-17(28-3)18(12-15)29-4/h5-12H,1-4H3,(H2,22,23,24,27). The van der Waals surface area contributed by atoms with E-state index in [1.54, 1.807) is 24.4 Å². The number of rotatable bonds is 5. The van der Waals surface area contributed by atoms with Crippen LogP contribution in [0.4, 0.5) is 16.3 Å². The first-order valence-corrected chi connectivity index (χ1v) is 8.88. The van der Waals surface area contributed by atoms with Gasteiger partial charge in [0.25, 0.3) is 5.56 Å². The zero-order valence-corrected chi connectivity index (χ0v) is 16.6. The highest BCUT2D eigenvalue weighted by Gasteiger charge is 2.12. The molecule has 2 aromatic carbocycles. The second-order valence-corrected chi connectivity index (χ2v) is 6.37. The summed E-state index contributed by atoms with van der Waals surface area (Å²) in [5.74, 6) is 0.934. The highest BCUT2D eigenvalue weighted by atomic mass is 16.5. The van der Waals surface area contributed by atoms with Crippen molar-refractivity contribution in [1.29, 1.82) is 0 Å². The zero-order chi connectivity index (χ0) is 21.0. The third-order valence-corrected chi connectivity index (χ3v) is 4.48. The Morgan fingerprint density at radius 2 is 1.72 bits per heavy atom. The number of hydrogen-bond acceptors (Lipinski definition) is 5. The van der Waals surface area contributed by atoms with E-state index < -0.39 is 11.6 Å². The van der Waals surface area contributed by atoms with Crippen molar-refractivity contribution in [3.8, 4) is 17.2 Å². The Hall–Kier alpha value is -3.81. The predicted molar refractivity (Wildman–Crippen MR) is 111 cm³/mol. The van der Waals surface area contributed by atoms with Crippen molar-refractivity contribution in [3.05, 3.63) is 70.3 Å². The molecule has 8 heteroatoms. The lowest BCUT2D eigenvalue weighted by atomic mass is 10.1. The van der Waals surface area contributed by atoms with Crippen LogP contribution in [0.3, 0.4) is 0 Å². The molecular weight excluding hydrogens is 372 g/mol. The van der Waals surface area contributed by atoms with Gasteiger partial charge in [-0.15, -0.1) is 0 Å². The number of methoxy groups -OCH3 is 2. The number of benzene rings is 2. The fourth-order valence-electron chi connectivity index (χ4n) is 2.76. The number of nitrogens with one attached hydrogen (secondary N) is 2. The molecule has 0 radical (unpaired) electrons. The van der Waals surface area contributed by atoms with Gasteiger partial charge in [0.2, 0.25) is 5.82 Å². The van der Waals surface area contributed by atoms with Crippen molar-refractivity contribution in [1.82, 2.24) is 9.55 Å². The summed E-state index contributed by atoms with van der Waals surface area (Å²) in [6, 6.07) is 10.0. The average molecular weight is 394 g/mol. The van der Waals surface area contributed by atoms with E-state index in [1.165, 1.54) is 25.0 Å². The number of aromatic nitrogens is 2. The number of urea groups is 1. The van der Waals surface area contributed by atoms with E-state index >= 15 is 0 Å². The molecule has 0 bridgehead atoms. The summed E-state index contributed by atoms with van der Waals surface area (Å²) < 4.78 is 11.8. The van der Waals surface area contributed by atoms with Crippen LogP contribution < -0.4 is 25.7 Å². The van der Waals surface area contributed by atoms with E-state index in [4.69, 9.17) is 9.47 Å².